The molecule has 6 nitrogen and oxygen atoms in total. The van der Waals surface area contributed by atoms with Gasteiger partial charge in [-0.15, -0.1) is 0 Å². The minimum Gasteiger partial charge on any atom is -0.484 e. The normalized spacial score (nSPS) is 10.8. The van der Waals surface area contributed by atoms with Gasteiger partial charge in [0.2, 0.25) is 11.2 Å². The molecule has 0 bridgehead atoms. The second-order valence-corrected chi connectivity index (χ2v) is 8.25. The second kappa shape index (κ2) is 9.38. The lowest BCUT2D eigenvalue weighted by atomic mass is 10.1. The van der Waals surface area contributed by atoms with Crippen LogP contribution in [0.1, 0.15) is 16.7 Å². The van der Waals surface area contributed by atoms with Crippen LogP contribution >= 0.6 is 11.6 Å². The van der Waals surface area contributed by atoms with E-state index in [-0.39, 0.29) is 23.7 Å². The number of fused-ring (bicyclic) bond motifs is 1. The molecule has 168 valence electrons. The predicted molar refractivity (Wildman–Crippen MR) is 129 cm³/mol. The smallest absolute Gasteiger partial charge is 0.262 e. The van der Waals surface area contributed by atoms with Gasteiger partial charge in [-0.1, -0.05) is 17.7 Å². The Hall–Kier alpha value is -3.77. The maximum absolute atomic E-state index is 12.8. The van der Waals surface area contributed by atoms with Gasteiger partial charge in [-0.25, -0.2) is 0 Å². The minimum atomic E-state index is -0.320. The Morgan fingerprint density at radius 1 is 0.970 bits per heavy atom. The van der Waals surface area contributed by atoms with Crippen molar-refractivity contribution < 1.29 is 18.7 Å². The number of aryl methyl sites for hydroxylation is 3. The Labute approximate surface area is 195 Å². The van der Waals surface area contributed by atoms with Crippen LogP contribution in [0.15, 0.2) is 70.1 Å². The van der Waals surface area contributed by atoms with Crippen molar-refractivity contribution in [1.82, 2.24) is 0 Å². The van der Waals surface area contributed by atoms with Gasteiger partial charge in [-0.2, -0.15) is 0 Å². The molecule has 1 heterocycles. The molecule has 0 saturated heterocycles. The van der Waals surface area contributed by atoms with Gasteiger partial charge in [0.15, 0.2) is 6.61 Å². The van der Waals surface area contributed by atoms with E-state index in [4.69, 9.17) is 25.5 Å². The lowest BCUT2D eigenvalue weighted by molar-refractivity contribution is -0.118. The number of nitrogens with one attached hydrogen (secondary N) is 1. The Morgan fingerprint density at radius 2 is 1.73 bits per heavy atom. The first-order valence-electron chi connectivity index (χ1n) is 10.3. The van der Waals surface area contributed by atoms with E-state index >= 15 is 0 Å². The summed E-state index contributed by atoms with van der Waals surface area (Å²) in [6.45, 7) is 5.57. The summed E-state index contributed by atoms with van der Waals surface area (Å²) in [5, 5.41) is 3.73. The number of anilines is 1. The first kappa shape index (κ1) is 22.4. The lowest BCUT2D eigenvalue weighted by Gasteiger charge is -2.10. The SMILES string of the molecule is Cc1cc(C)cc(Oc2coc3cc(OCC(=O)Nc4ccc(Cl)cc4C)ccc3c2=O)c1. The van der Waals surface area contributed by atoms with Crippen molar-refractivity contribution in [3.8, 4) is 17.2 Å². The van der Waals surface area contributed by atoms with E-state index in [2.05, 4.69) is 5.32 Å². The largest absolute Gasteiger partial charge is 0.484 e. The average Bonchev–Trinajstić information content (AvgIpc) is 2.75. The summed E-state index contributed by atoms with van der Waals surface area (Å²) in [7, 11) is 0. The molecule has 1 aromatic heterocycles. The highest BCUT2D eigenvalue weighted by molar-refractivity contribution is 6.30. The maximum atomic E-state index is 12.8. The third kappa shape index (κ3) is 5.35. The van der Waals surface area contributed by atoms with Crippen molar-refractivity contribution in [1.29, 1.82) is 0 Å². The maximum Gasteiger partial charge on any atom is 0.262 e. The van der Waals surface area contributed by atoms with Gasteiger partial charge in [0.1, 0.15) is 23.3 Å². The highest BCUT2D eigenvalue weighted by Gasteiger charge is 2.12. The fourth-order valence-electron chi connectivity index (χ4n) is 3.47. The van der Waals surface area contributed by atoms with Crippen molar-refractivity contribution in [2.75, 3.05) is 11.9 Å². The molecule has 0 saturated carbocycles. The Bertz CT molecular complexity index is 1390. The highest BCUT2D eigenvalue weighted by Crippen LogP contribution is 2.25. The second-order valence-electron chi connectivity index (χ2n) is 7.81. The van der Waals surface area contributed by atoms with Gasteiger partial charge in [-0.05, 0) is 79.9 Å². The molecule has 0 aliphatic rings. The van der Waals surface area contributed by atoms with Crippen LogP contribution in [0.2, 0.25) is 5.02 Å². The van der Waals surface area contributed by atoms with E-state index < -0.39 is 0 Å². The Morgan fingerprint density at radius 3 is 2.45 bits per heavy atom. The van der Waals surface area contributed by atoms with Gasteiger partial charge in [0.25, 0.3) is 5.91 Å². The monoisotopic (exact) mass is 463 g/mol. The van der Waals surface area contributed by atoms with Crippen LogP contribution in [0.5, 0.6) is 17.2 Å². The van der Waals surface area contributed by atoms with Gasteiger partial charge in [0, 0.05) is 16.8 Å². The number of hydrogen-bond acceptors (Lipinski definition) is 5. The molecule has 0 unspecified atom stereocenters. The van der Waals surface area contributed by atoms with Gasteiger partial charge in [-0.3, -0.25) is 9.59 Å². The molecular formula is C26H22ClNO5. The third-order valence-corrected chi connectivity index (χ3v) is 5.21. The van der Waals surface area contributed by atoms with Gasteiger partial charge in [0.05, 0.1) is 5.39 Å². The zero-order valence-electron chi connectivity index (χ0n) is 18.4. The van der Waals surface area contributed by atoms with Crippen molar-refractivity contribution in [2.24, 2.45) is 0 Å². The fraction of sp³-hybridized carbons (Fsp3) is 0.154. The molecule has 4 aromatic rings. The summed E-state index contributed by atoms with van der Waals surface area (Å²) in [5.41, 5.74) is 3.62. The molecule has 1 amide bonds. The van der Waals surface area contributed by atoms with E-state index in [0.717, 1.165) is 16.7 Å². The van der Waals surface area contributed by atoms with E-state index in [1.807, 2.05) is 39.0 Å². The molecule has 0 atom stereocenters. The van der Waals surface area contributed by atoms with E-state index in [9.17, 15) is 9.59 Å². The first-order chi connectivity index (χ1) is 15.8. The summed E-state index contributed by atoms with van der Waals surface area (Å²) in [4.78, 5) is 25.1. The number of carbonyl (C=O) groups is 1. The third-order valence-electron chi connectivity index (χ3n) is 4.97. The highest BCUT2D eigenvalue weighted by atomic mass is 35.5. The van der Waals surface area contributed by atoms with Crippen LogP contribution in [-0.4, -0.2) is 12.5 Å². The van der Waals surface area contributed by atoms with Crippen molar-refractivity contribution in [3.05, 3.63) is 92.8 Å². The minimum absolute atomic E-state index is 0.0962. The standard InChI is InChI=1S/C26H22ClNO5/c1-15-8-16(2)10-20(9-15)33-24-13-32-23-12-19(5-6-21(23)26(24)30)31-14-25(29)28-22-7-4-18(27)11-17(22)3/h4-13H,14H2,1-3H3,(H,28,29). The topological polar surface area (TPSA) is 77.8 Å². The fourth-order valence-corrected chi connectivity index (χ4v) is 3.70. The zero-order chi connectivity index (χ0) is 23.5. The summed E-state index contributed by atoms with van der Waals surface area (Å²) in [6.07, 6.45) is 1.28. The number of halogens is 1. The molecule has 4 rings (SSSR count). The molecule has 3 aromatic carbocycles. The quantitative estimate of drug-likeness (QED) is 0.369. The number of benzene rings is 3. The van der Waals surface area contributed by atoms with Gasteiger partial charge >= 0.3 is 0 Å². The molecule has 0 fully saturated rings. The summed E-state index contributed by atoms with van der Waals surface area (Å²) >= 11 is 5.94. The van der Waals surface area contributed by atoms with Crippen LogP contribution in [0, 0.1) is 20.8 Å². The number of ether oxygens (including phenoxy) is 2. The van der Waals surface area contributed by atoms with Crippen LogP contribution in [-0.2, 0) is 4.79 Å². The molecular weight excluding hydrogens is 442 g/mol. The van der Waals surface area contributed by atoms with Crippen molar-refractivity contribution >= 4 is 34.2 Å². The number of carbonyl (C=O) groups excluding carboxylic acids is 1. The van der Waals surface area contributed by atoms with E-state index in [1.165, 1.54) is 6.26 Å². The zero-order valence-corrected chi connectivity index (χ0v) is 19.2. The summed E-state index contributed by atoms with van der Waals surface area (Å²) in [5.74, 6) is 0.746. The molecule has 0 radical (unpaired) electrons. The Kier molecular flexibility index (Phi) is 6.38. The van der Waals surface area contributed by atoms with Crippen LogP contribution in [0.4, 0.5) is 5.69 Å². The lowest BCUT2D eigenvalue weighted by Crippen LogP contribution is -2.20. The number of hydrogen-bond donors (Lipinski definition) is 1. The molecule has 0 aliphatic heterocycles. The van der Waals surface area contributed by atoms with Crippen LogP contribution in [0.3, 0.4) is 0 Å². The number of rotatable bonds is 6. The molecule has 33 heavy (non-hydrogen) atoms. The van der Waals surface area contributed by atoms with Crippen molar-refractivity contribution in [2.45, 2.75) is 20.8 Å². The molecule has 0 aliphatic carbocycles. The van der Waals surface area contributed by atoms with E-state index in [1.54, 1.807) is 36.4 Å². The number of amides is 1. The molecule has 7 heteroatoms. The summed E-state index contributed by atoms with van der Waals surface area (Å²) in [6, 6.07) is 15.7. The van der Waals surface area contributed by atoms with Crippen LogP contribution < -0.4 is 20.2 Å². The van der Waals surface area contributed by atoms with Crippen molar-refractivity contribution in [3.63, 3.8) is 0 Å². The van der Waals surface area contributed by atoms with E-state index in [0.29, 0.717) is 33.2 Å². The predicted octanol–water partition coefficient (Wildman–Crippen LogP) is 6.18. The molecule has 0 spiro atoms. The Balaban J connectivity index is 1.46. The van der Waals surface area contributed by atoms with Gasteiger partial charge < -0.3 is 19.2 Å². The van der Waals surface area contributed by atoms with Crippen LogP contribution in [0.25, 0.3) is 11.0 Å². The first-order valence-corrected chi connectivity index (χ1v) is 10.7. The average molecular weight is 464 g/mol. The molecule has 1 N–H and O–H groups in total. The summed E-state index contributed by atoms with van der Waals surface area (Å²) < 4.78 is 16.9.